The topological polar surface area (TPSA) is 232 Å². The Balaban J connectivity index is 0.867. The van der Waals surface area contributed by atoms with Crippen LogP contribution in [0.25, 0.3) is 27.2 Å². The highest BCUT2D eigenvalue weighted by atomic mass is 32.1. The second kappa shape index (κ2) is 31.3. The van der Waals surface area contributed by atoms with Crippen molar-refractivity contribution in [1.29, 1.82) is 0 Å². The number of hydrogen-bond acceptors (Lipinski definition) is 15. The van der Waals surface area contributed by atoms with E-state index in [1.807, 2.05) is 6.07 Å². The van der Waals surface area contributed by atoms with Gasteiger partial charge < -0.3 is 59.9 Å². The van der Waals surface area contributed by atoms with E-state index in [9.17, 15) is 29.1 Å². The summed E-state index contributed by atoms with van der Waals surface area (Å²) in [5.41, 5.74) is 3.45. The number of aromatic hydroxyl groups is 1. The van der Waals surface area contributed by atoms with Crippen LogP contribution in [-0.2, 0) is 38.1 Å². The van der Waals surface area contributed by atoms with Gasteiger partial charge in [0.05, 0.1) is 62.2 Å². The molecule has 0 aliphatic carbocycles. The summed E-state index contributed by atoms with van der Waals surface area (Å²) >= 11 is 1.64. The van der Waals surface area contributed by atoms with Gasteiger partial charge >= 0.3 is 0 Å². The molecule has 2 aromatic carbocycles. The minimum Gasteiger partial charge on any atom is -0.508 e. The SMILES string of the molecule is C=CC(=O)Nc1ccc(C(=O)N2CC=C(c3cc4nc(-c5cccc(O)c5)nc(N5CCOCC5)c4s3)CC2)cc1OCCCNC(=O)CCCC(=O)NCCCOCCOCCOCCCNC(=O)CCCC. The lowest BCUT2D eigenvalue weighted by Crippen LogP contribution is -2.36. The fourth-order valence-corrected chi connectivity index (χ4v) is 9.18. The number of hydrogen-bond donors (Lipinski definition) is 5. The van der Waals surface area contributed by atoms with Gasteiger partial charge in [-0.1, -0.05) is 38.1 Å². The average molecular weight is 1040 g/mol. The number of aromatic nitrogens is 2. The molecular formula is C54H72N8O11S. The summed E-state index contributed by atoms with van der Waals surface area (Å²) in [5.74, 6) is 1.01. The summed E-state index contributed by atoms with van der Waals surface area (Å²) in [5, 5.41) is 21.5. The third-order valence-corrected chi connectivity index (χ3v) is 13.2. The first kappa shape index (κ1) is 56.8. The Morgan fingerprint density at radius 1 is 0.770 bits per heavy atom. The zero-order valence-electron chi connectivity index (χ0n) is 42.6. The number of carbonyl (C=O) groups excluding carboxylic acids is 5. The summed E-state index contributed by atoms with van der Waals surface area (Å²) in [6, 6.07) is 13.9. The summed E-state index contributed by atoms with van der Waals surface area (Å²) in [7, 11) is 0. The number of anilines is 2. The molecule has 1 fully saturated rings. The van der Waals surface area contributed by atoms with Crippen molar-refractivity contribution in [2.75, 3.05) is 115 Å². The molecule has 0 saturated carbocycles. The maximum Gasteiger partial charge on any atom is 0.254 e. The first-order valence-corrected chi connectivity index (χ1v) is 26.6. The van der Waals surface area contributed by atoms with Crippen LogP contribution in [0.15, 0.2) is 67.3 Å². The first-order chi connectivity index (χ1) is 36.1. The number of phenolic OH excluding ortho intramolecular Hbond substituents is 1. The molecule has 0 atom stereocenters. The van der Waals surface area contributed by atoms with Crippen molar-refractivity contribution in [2.45, 2.75) is 71.1 Å². The molecule has 2 aliphatic rings. The predicted octanol–water partition coefficient (Wildman–Crippen LogP) is 6.26. The molecule has 2 aromatic heterocycles. The second-order valence-corrected chi connectivity index (χ2v) is 18.8. The quantitative estimate of drug-likeness (QED) is 0.0269. The Morgan fingerprint density at radius 2 is 1.42 bits per heavy atom. The molecule has 6 rings (SSSR count). The lowest BCUT2D eigenvalue weighted by Gasteiger charge is -2.28. The van der Waals surface area contributed by atoms with Crippen molar-refractivity contribution in [3.8, 4) is 22.9 Å². The lowest BCUT2D eigenvalue weighted by molar-refractivity contribution is -0.123. The molecule has 20 heteroatoms. The van der Waals surface area contributed by atoms with Crippen LogP contribution < -0.4 is 30.9 Å². The van der Waals surface area contributed by atoms with Gasteiger partial charge in [-0.25, -0.2) is 9.97 Å². The molecule has 4 aromatic rings. The van der Waals surface area contributed by atoms with E-state index in [4.69, 9.17) is 33.7 Å². The van der Waals surface area contributed by atoms with Crippen LogP contribution in [0.4, 0.5) is 11.5 Å². The van der Waals surface area contributed by atoms with Gasteiger partial charge in [0.1, 0.15) is 11.5 Å². The number of nitrogens with one attached hydrogen (secondary N) is 4. The third-order valence-electron chi connectivity index (χ3n) is 12.0. The monoisotopic (exact) mass is 1040 g/mol. The van der Waals surface area contributed by atoms with Gasteiger partial charge in [0.2, 0.25) is 23.6 Å². The normalized spacial score (nSPS) is 13.6. The Bertz CT molecular complexity index is 2510. The summed E-state index contributed by atoms with van der Waals surface area (Å²) in [4.78, 5) is 77.5. The van der Waals surface area contributed by atoms with E-state index in [0.29, 0.717) is 154 Å². The van der Waals surface area contributed by atoms with Crippen LogP contribution in [0.1, 0.15) is 86.4 Å². The number of rotatable bonds is 32. The third kappa shape index (κ3) is 18.8. The number of benzene rings is 2. The Kier molecular flexibility index (Phi) is 24.1. The number of phenols is 1. The van der Waals surface area contributed by atoms with Gasteiger partial charge in [-0.2, -0.15) is 0 Å². The highest BCUT2D eigenvalue weighted by Crippen LogP contribution is 2.39. The molecule has 5 amide bonds. The van der Waals surface area contributed by atoms with Gasteiger partial charge in [0.15, 0.2) is 11.6 Å². The van der Waals surface area contributed by atoms with Crippen molar-refractivity contribution in [2.24, 2.45) is 0 Å². The number of nitrogens with zero attached hydrogens (tertiary/aromatic N) is 4. The molecule has 0 unspecified atom stereocenters. The maximum atomic E-state index is 13.9. The van der Waals surface area contributed by atoms with Crippen LogP contribution in [0.2, 0.25) is 0 Å². The molecule has 0 radical (unpaired) electrons. The number of fused-ring (bicyclic) bond motifs is 1. The fraction of sp³-hybridized carbons (Fsp3) is 0.500. The van der Waals surface area contributed by atoms with E-state index in [1.165, 1.54) is 0 Å². The zero-order valence-corrected chi connectivity index (χ0v) is 43.4. The Labute approximate surface area is 437 Å². The Hall–Kier alpha value is -6.45. The molecule has 4 heterocycles. The van der Waals surface area contributed by atoms with E-state index in [-0.39, 0.29) is 48.8 Å². The molecule has 5 N–H and O–H groups in total. The first-order valence-electron chi connectivity index (χ1n) is 25.8. The van der Waals surface area contributed by atoms with Gasteiger partial charge in [-0.05, 0) is 86.6 Å². The highest BCUT2D eigenvalue weighted by molar-refractivity contribution is 7.20. The van der Waals surface area contributed by atoms with E-state index < -0.39 is 5.91 Å². The number of morpholine rings is 1. The predicted molar refractivity (Wildman–Crippen MR) is 286 cm³/mol. The van der Waals surface area contributed by atoms with Crippen molar-refractivity contribution < 1.29 is 52.8 Å². The number of amides is 5. The van der Waals surface area contributed by atoms with Crippen LogP contribution in [-0.4, -0.2) is 155 Å². The molecule has 2 aliphatic heterocycles. The van der Waals surface area contributed by atoms with E-state index >= 15 is 0 Å². The van der Waals surface area contributed by atoms with E-state index in [0.717, 1.165) is 57.4 Å². The van der Waals surface area contributed by atoms with E-state index in [2.05, 4.69) is 51.8 Å². The Morgan fingerprint density at radius 3 is 2.04 bits per heavy atom. The highest BCUT2D eigenvalue weighted by Gasteiger charge is 2.25. The minimum absolute atomic E-state index is 0.0890. The van der Waals surface area contributed by atoms with Gasteiger partial charge in [-0.3, -0.25) is 24.0 Å². The number of unbranched alkanes of at least 4 members (excludes halogenated alkanes) is 1. The minimum atomic E-state index is -0.428. The molecule has 0 bridgehead atoms. The van der Waals surface area contributed by atoms with Crippen molar-refractivity contribution >= 4 is 68.2 Å². The smallest absolute Gasteiger partial charge is 0.254 e. The van der Waals surface area contributed by atoms with Gasteiger partial charge in [-0.15, -0.1) is 11.3 Å². The summed E-state index contributed by atoms with van der Waals surface area (Å²) < 4.78 is 29.3. The average Bonchev–Trinajstić information content (AvgIpc) is 3.86. The van der Waals surface area contributed by atoms with Crippen LogP contribution in [0.5, 0.6) is 11.5 Å². The zero-order chi connectivity index (χ0) is 52.3. The molecule has 19 nitrogen and oxygen atoms in total. The van der Waals surface area contributed by atoms with Crippen LogP contribution in [0.3, 0.4) is 0 Å². The molecule has 1 saturated heterocycles. The fourth-order valence-electron chi connectivity index (χ4n) is 8.00. The number of thiophene rings is 1. The largest absolute Gasteiger partial charge is 0.508 e. The van der Waals surface area contributed by atoms with Crippen molar-refractivity contribution in [3.63, 3.8) is 0 Å². The summed E-state index contributed by atoms with van der Waals surface area (Å²) in [6.07, 6.45) is 9.05. The van der Waals surface area contributed by atoms with Gasteiger partial charge in [0, 0.05) is 94.3 Å². The molecular weight excluding hydrogens is 969 g/mol. The number of ether oxygens (including phenoxy) is 5. The molecule has 74 heavy (non-hydrogen) atoms. The second-order valence-electron chi connectivity index (χ2n) is 17.7. The lowest BCUT2D eigenvalue weighted by atomic mass is 10.0. The van der Waals surface area contributed by atoms with Crippen LogP contribution >= 0.6 is 11.3 Å². The van der Waals surface area contributed by atoms with Crippen molar-refractivity contribution in [1.82, 2.24) is 30.8 Å². The van der Waals surface area contributed by atoms with Crippen molar-refractivity contribution in [3.05, 3.63) is 77.7 Å². The summed E-state index contributed by atoms with van der Waals surface area (Å²) in [6.45, 7) is 13.6. The van der Waals surface area contributed by atoms with Crippen LogP contribution in [0, 0.1) is 0 Å². The number of carbonyl (C=O) groups is 5. The molecule has 400 valence electrons. The van der Waals surface area contributed by atoms with E-state index in [1.54, 1.807) is 52.6 Å². The molecule has 0 spiro atoms. The van der Waals surface area contributed by atoms with Gasteiger partial charge in [0.25, 0.3) is 5.91 Å². The maximum absolute atomic E-state index is 13.9. The standard InChI is InChI=1S/C54H72N8O11S/c1-3-5-13-48(65)55-20-8-27-69-32-34-72-35-33-70-28-9-21-56-49(66)14-7-15-50(67)57-22-10-29-73-45-37-41(16-17-43(45)58-47(64)4-2)54(68)62-23-18-39(19-24-62)46-38-44-51(74-46)53(61-25-30-71-31-26-61)60-52(59-44)40-11-6-12-42(63)36-40/h4,6,11-12,16-18,36-38,63H,2-3,5,7-10,13-15,19-35H2,1H3,(H,55,65)(H,56,66)(H,57,67)(H,58,64).